The Morgan fingerprint density at radius 3 is 2.63 bits per heavy atom. The molecule has 2 aromatic rings. The number of rotatable bonds is 5. The molecule has 1 fully saturated rings. The van der Waals surface area contributed by atoms with E-state index in [0.717, 1.165) is 63.0 Å². The van der Waals surface area contributed by atoms with E-state index in [9.17, 15) is 0 Å². The predicted molar refractivity (Wildman–Crippen MR) is 109 cm³/mol. The molecule has 1 aromatic carbocycles. The smallest absolute Gasteiger partial charge is 0.142 e. The molecule has 0 aliphatic carbocycles. The molecule has 1 atom stereocenters. The monoisotopic (exact) mass is 388 g/mol. The molecule has 27 heavy (non-hydrogen) atoms. The van der Waals surface area contributed by atoms with Crippen molar-refractivity contribution in [3.8, 4) is 11.5 Å². The molecule has 1 saturated heterocycles. The molecule has 3 heterocycles. The lowest BCUT2D eigenvalue weighted by Gasteiger charge is -2.34. The van der Waals surface area contributed by atoms with Crippen LogP contribution in [0, 0.1) is 0 Å². The summed E-state index contributed by atoms with van der Waals surface area (Å²) in [5.74, 6) is 1.84. The fraction of sp³-hybridized carbons (Fsp3) is 0.524. The van der Waals surface area contributed by atoms with Gasteiger partial charge in [0.2, 0.25) is 0 Å². The van der Waals surface area contributed by atoms with Crippen LogP contribution < -0.4 is 14.4 Å². The highest BCUT2D eigenvalue weighted by molar-refractivity contribution is 7.10. The predicted octanol–water partition coefficient (Wildman–Crippen LogP) is 3.72. The molecule has 0 saturated carbocycles. The number of fused-ring (bicyclic) bond motifs is 1. The highest BCUT2D eigenvalue weighted by Gasteiger charge is 2.26. The van der Waals surface area contributed by atoms with Gasteiger partial charge in [0, 0.05) is 48.7 Å². The molecule has 0 amide bonds. The van der Waals surface area contributed by atoms with E-state index < -0.39 is 0 Å². The minimum absolute atomic E-state index is 0.426. The van der Waals surface area contributed by atoms with Gasteiger partial charge >= 0.3 is 0 Å². The molecular weight excluding hydrogens is 360 g/mol. The third-order valence-corrected chi connectivity index (χ3v) is 6.71. The van der Waals surface area contributed by atoms with E-state index in [-0.39, 0.29) is 0 Å². The van der Waals surface area contributed by atoms with Crippen LogP contribution in [0.25, 0.3) is 0 Å². The summed E-state index contributed by atoms with van der Waals surface area (Å²) in [6.07, 6.45) is 1.13. The summed E-state index contributed by atoms with van der Waals surface area (Å²) in [4.78, 5) is 6.38. The van der Waals surface area contributed by atoms with Crippen LogP contribution >= 0.6 is 11.3 Å². The first-order chi connectivity index (χ1) is 13.2. The molecule has 1 aromatic heterocycles. The Morgan fingerprint density at radius 1 is 1.11 bits per heavy atom. The molecule has 0 bridgehead atoms. The highest BCUT2D eigenvalue weighted by atomic mass is 32.1. The maximum absolute atomic E-state index is 5.77. The van der Waals surface area contributed by atoms with Crippen molar-refractivity contribution in [3.05, 3.63) is 39.6 Å². The highest BCUT2D eigenvalue weighted by Crippen LogP contribution is 2.39. The van der Waals surface area contributed by atoms with Crippen LogP contribution in [0.5, 0.6) is 11.5 Å². The summed E-state index contributed by atoms with van der Waals surface area (Å²) in [6.45, 7) is 7.50. The van der Waals surface area contributed by atoms with Gasteiger partial charge in [-0.2, -0.15) is 0 Å². The molecular formula is C21H28N2O3S. The van der Waals surface area contributed by atoms with E-state index in [0.29, 0.717) is 6.04 Å². The maximum atomic E-state index is 5.77. The van der Waals surface area contributed by atoms with E-state index in [1.165, 1.54) is 16.0 Å². The van der Waals surface area contributed by atoms with E-state index >= 15 is 0 Å². The molecule has 146 valence electrons. The number of morpholine rings is 1. The first-order valence-electron chi connectivity index (χ1n) is 9.59. The average Bonchev–Trinajstić information content (AvgIpc) is 3.20. The summed E-state index contributed by atoms with van der Waals surface area (Å²) < 4.78 is 17.0. The van der Waals surface area contributed by atoms with Crippen LogP contribution in [0.15, 0.2) is 23.6 Å². The Labute approximate surface area is 165 Å². The van der Waals surface area contributed by atoms with E-state index in [1.807, 2.05) is 11.3 Å². The zero-order valence-corrected chi connectivity index (χ0v) is 17.2. The van der Waals surface area contributed by atoms with Crippen molar-refractivity contribution >= 4 is 17.0 Å². The number of benzene rings is 1. The first-order valence-corrected chi connectivity index (χ1v) is 10.5. The Bertz CT molecular complexity index is 786. The molecule has 2 aliphatic rings. The molecule has 0 N–H and O–H groups in total. The third-order valence-electron chi connectivity index (χ3n) is 5.71. The van der Waals surface area contributed by atoms with Gasteiger partial charge in [0.25, 0.3) is 0 Å². The minimum atomic E-state index is 0.426. The first kappa shape index (κ1) is 18.6. The topological polar surface area (TPSA) is 34.2 Å². The number of anilines is 1. The molecule has 0 spiro atoms. The summed E-state index contributed by atoms with van der Waals surface area (Å²) in [5.41, 5.74) is 3.74. The Kier molecular flexibility index (Phi) is 5.57. The van der Waals surface area contributed by atoms with Crippen molar-refractivity contribution in [2.45, 2.75) is 25.9 Å². The SMILES string of the molecule is COc1cc(N2CCOCC2)c(OC)cc1CN1CCc2sccc2C1C. The molecule has 6 heteroatoms. The summed E-state index contributed by atoms with van der Waals surface area (Å²) in [7, 11) is 3.50. The molecule has 5 nitrogen and oxygen atoms in total. The van der Waals surface area contributed by atoms with E-state index in [4.69, 9.17) is 14.2 Å². The lowest BCUT2D eigenvalue weighted by Crippen LogP contribution is -2.36. The Morgan fingerprint density at radius 2 is 1.89 bits per heavy atom. The number of hydrogen-bond donors (Lipinski definition) is 0. The van der Waals surface area contributed by atoms with Gasteiger partial charge in [-0.1, -0.05) is 0 Å². The quantitative estimate of drug-likeness (QED) is 0.780. The average molecular weight is 389 g/mol. The van der Waals surface area contributed by atoms with Crippen LogP contribution in [0.4, 0.5) is 5.69 Å². The molecule has 4 rings (SSSR count). The van der Waals surface area contributed by atoms with Crippen molar-refractivity contribution in [2.24, 2.45) is 0 Å². The lowest BCUT2D eigenvalue weighted by molar-refractivity contribution is 0.122. The van der Waals surface area contributed by atoms with Crippen LogP contribution in [0.2, 0.25) is 0 Å². The summed E-state index contributed by atoms with van der Waals surface area (Å²) >= 11 is 1.88. The zero-order valence-electron chi connectivity index (χ0n) is 16.4. The lowest BCUT2D eigenvalue weighted by atomic mass is 10.00. The van der Waals surface area contributed by atoms with Gasteiger partial charge in [0.05, 0.1) is 33.1 Å². The number of thiophene rings is 1. The van der Waals surface area contributed by atoms with E-state index in [1.54, 1.807) is 14.2 Å². The van der Waals surface area contributed by atoms with Gasteiger partial charge in [-0.05, 0) is 36.4 Å². The molecule has 0 radical (unpaired) electrons. The minimum Gasteiger partial charge on any atom is -0.496 e. The normalized spacial score (nSPS) is 20.4. The van der Waals surface area contributed by atoms with Gasteiger partial charge < -0.3 is 19.1 Å². The Balaban J connectivity index is 1.61. The Hall–Kier alpha value is -1.76. The van der Waals surface area contributed by atoms with Gasteiger partial charge in [-0.25, -0.2) is 0 Å². The number of ether oxygens (including phenoxy) is 3. The fourth-order valence-electron chi connectivity index (χ4n) is 4.12. The standard InChI is InChI=1S/C21H28N2O3S/c1-15-17-5-11-27-21(17)4-6-23(15)14-16-12-20(25-3)18(13-19(16)24-2)22-7-9-26-10-8-22/h5,11-13,15H,4,6-10,14H2,1-3H3. The summed E-state index contributed by atoms with van der Waals surface area (Å²) in [5, 5.41) is 2.21. The molecule has 1 unspecified atom stereocenters. The van der Waals surface area contributed by atoms with Crippen molar-refractivity contribution in [3.63, 3.8) is 0 Å². The fourth-order valence-corrected chi connectivity index (χ4v) is 5.08. The summed E-state index contributed by atoms with van der Waals surface area (Å²) in [6, 6.07) is 6.98. The number of nitrogens with zero attached hydrogens (tertiary/aromatic N) is 2. The van der Waals surface area contributed by atoms with Gasteiger partial charge in [-0.15, -0.1) is 11.3 Å². The second kappa shape index (κ2) is 8.09. The second-order valence-electron chi connectivity index (χ2n) is 7.13. The van der Waals surface area contributed by atoms with Crippen LogP contribution in [-0.4, -0.2) is 52.0 Å². The number of methoxy groups -OCH3 is 2. The largest absolute Gasteiger partial charge is 0.496 e. The van der Waals surface area contributed by atoms with Gasteiger partial charge in [0.1, 0.15) is 11.5 Å². The van der Waals surface area contributed by atoms with Crippen LogP contribution in [0.3, 0.4) is 0 Å². The van der Waals surface area contributed by atoms with Crippen LogP contribution in [0.1, 0.15) is 29.0 Å². The van der Waals surface area contributed by atoms with Crippen molar-refractivity contribution in [1.29, 1.82) is 0 Å². The van der Waals surface area contributed by atoms with Crippen molar-refractivity contribution in [1.82, 2.24) is 4.90 Å². The van der Waals surface area contributed by atoms with Crippen LogP contribution in [-0.2, 0) is 17.7 Å². The van der Waals surface area contributed by atoms with Crippen molar-refractivity contribution in [2.75, 3.05) is 52.0 Å². The van der Waals surface area contributed by atoms with Gasteiger partial charge in [0.15, 0.2) is 0 Å². The molecule has 2 aliphatic heterocycles. The number of hydrogen-bond acceptors (Lipinski definition) is 6. The second-order valence-corrected chi connectivity index (χ2v) is 8.13. The van der Waals surface area contributed by atoms with Gasteiger partial charge in [-0.3, -0.25) is 4.90 Å². The third kappa shape index (κ3) is 3.66. The van der Waals surface area contributed by atoms with Crippen molar-refractivity contribution < 1.29 is 14.2 Å². The van der Waals surface area contributed by atoms with E-state index in [2.05, 4.69) is 40.3 Å². The maximum Gasteiger partial charge on any atom is 0.142 e. The zero-order chi connectivity index (χ0) is 18.8.